The fraction of sp³-hybridized carbons (Fsp3) is 0.462. The first-order valence-electron chi connectivity index (χ1n) is 5.69. The van der Waals surface area contributed by atoms with Gasteiger partial charge >= 0.3 is 0 Å². The molecule has 0 spiro atoms. The highest BCUT2D eigenvalue weighted by molar-refractivity contribution is 6.30. The maximum atomic E-state index is 13.0. The van der Waals surface area contributed by atoms with Crippen molar-refractivity contribution in [3.8, 4) is 0 Å². The van der Waals surface area contributed by atoms with Crippen molar-refractivity contribution in [1.82, 2.24) is 0 Å². The fourth-order valence-corrected chi connectivity index (χ4v) is 1.66. The van der Waals surface area contributed by atoms with Crippen LogP contribution in [0.25, 0.3) is 0 Å². The van der Waals surface area contributed by atoms with Crippen molar-refractivity contribution in [3.63, 3.8) is 0 Å². The highest BCUT2D eigenvalue weighted by Gasteiger charge is 2.20. The van der Waals surface area contributed by atoms with Gasteiger partial charge in [0.25, 0.3) is 0 Å². The van der Waals surface area contributed by atoms with Crippen LogP contribution in [0.5, 0.6) is 0 Å². The Morgan fingerprint density at radius 3 is 2.71 bits per heavy atom. The number of carbonyl (C=O) groups excluding carboxylic acids is 1. The Labute approximate surface area is 106 Å². The molecule has 2 nitrogen and oxygen atoms in total. The lowest BCUT2D eigenvalue weighted by atomic mass is 10.0. The van der Waals surface area contributed by atoms with E-state index in [-0.39, 0.29) is 10.8 Å². The van der Waals surface area contributed by atoms with Crippen LogP contribution in [0.3, 0.4) is 0 Å². The Bertz CT molecular complexity index is 393. The van der Waals surface area contributed by atoms with Crippen LogP contribution >= 0.6 is 11.6 Å². The summed E-state index contributed by atoms with van der Waals surface area (Å²) in [6.07, 6.45) is 0.560. The molecule has 0 fully saturated rings. The number of ketones is 1. The third kappa shape index (κ3) is 3.79. The van der Waals surface area contributed by atoms with Crippen LogP contribution in [0.4, 0.5) is 4.39 Å². The van der Waals surface area contributed by atoms with Crippen molar-refractivity contribution in [1.29, 1.82) is 0 Å². The molecule has 1 atom stereocenters. The molecule has 0 aliphatic rings. The predicted octanol–water partition coefficient (Wildman–Crippen LogP) is 3.93. The van der Waals surface area contributed by atoms with E-state index in [2.05, 4.69) is 0 Å². The average Bonchev–Trinajstić information content (AvgIpc) is 2.33. The van der Waals surface area contributed by atoms with Gasteiger partial charge in [0.2, 0.25) is 0 Å². The number of hydrogen-bond acceptors (Lipinski definition) is 2. The van der Waals surface area contributed by atoms with Crippen LogP contribution in [-0.4, -0.2) is 12.4 Å². The maximum Gasteiger partial charge on any atom is 0.165 e. The molecular weight excluding hydrogens is 243 g/mol. The maximum absolute atomic E-state index is 13.0. The summed E-state index contributed by atoms with van der Waals surface area (Å²) in [5.41, 5.74) is 0.608. The van der Waals surface area contributed by atoms with Crippen LogP contribution < -0.4 is 0 Å². The number of hydrogen-bond donors (Lipinski definition) is 0. The summed E-state index contributed by atoms with van der Waals surface area (Å²) < 4.78 is 18.5. The molecule has 0 aliphatic heterocycles. The minimum Gasteiger partial charge on any atom is -0.366 e. The van der Waals surface area contributed by atoms with Crippen LogP contribution in [0.1, 0.15) is 38.4 Å². The van der Waals surface area contributed by atoms with E-state index in [9.17, 15) is 9.18 Å². The van der Waals surface area contributed by atoms with Crippen molar-refractivity contribution in [2.75, 3.05) is 6.61 Å². The molecule has 1 aromatic rings. The van der Waals surface area contributed by atoms with Crippen molar-refractivity contribution in [3.05, 3.63) is 34.6 Å². The van der Waals surface area contributed by atoms with E-state index < -0.39 is 11.9 Å². The smallest absolute Gasteiger partial charge is 0.165 e. The van der Waals surface area contributed by atoms with Crippen molar-refractivity contribution in [2.45, 2.75) is 32.8 Å². The van der Waals surface area contributed by atoms with Crippen molar-refractivity contribution < 1.29 is 13.9 Å². The number of benzene rings is 1. The summed E-state index contributed by atoms with van der Waals surface area (Å²) in [6.45, 7) is 4.23. The second kappa shape index (κ2) is 6.72. The molecule has 94 valence electrons. The zero-order valence-electron chi connectivity index (χ0n) is 10.0. The summed E-state index contributed by atoms with van der Waals surface area (Å²) in [4.78, 5) is 11.8. The quantitative estimate of drug-likeness (QED) is 0.773. The molecule has 0 saturated heterocycles. The lowest BCUT2D eigenvalue weighted by molar-refractivity contribution is -0.130. The SMILES string of the molecule is CCCOC(C(=O)CC)c1ccc(F)c(Cl)c1. The number of carbonyl (C=O) groups is 1. The van der Waals surface area contributed by atoms with Crippen LogP contribution in [-0.2, 0) is 9.53 Å². The number of ether oxygens (including phenoxy) is 1. The highest BCUT2D eigenvalue weighted by atomic mass is 35.5. The fourth-order valence-electron chi connectivity index (χ4n) is 1.47. The zero-order chi connectivity index (χ0) is 12.8. The second-order valence-electron chi connectivity index (χ2n) is 3.74. The lowest BCUT2D eigenvalue weighted by Gasteiger charge is -2.16. The monoisotopic (exact) mass is 258 g/mol. The lowest BCUT2D eigenvalue weighted by Crippen LogP contribution is -2.16. The van der Waals surface area contributed by atoms with E-state index in [1.807, 2.05) is 6.92 Å². The van der Waals surface area contributed by atoms with E-state index in [1.54, 1.807) is 6.92 Å². The molecule has 1 unspecified atom stereocenters. The number of rotatable bonds is 6. The second-order valence-corrected chi connectivity index (χ2v) is 4.15. The van der Waals surface area contributed by atoms with Gasteiger partial charge in [-0.1, -0.05) is 31.5 Å². The summed E-state index contributed by atoms with van der Waals surface area (Å²) in [5, 5.41) is 0.0106. The third-order valence-electron chi connectivity index (χ3n) is 2.38. The minimum atomic E-state index is -0.641. The highest BCUT2D eigenvalue weighted by Crippen LogP contribution is 2.25. The molecule has 0 heterocycles. The Balaban J connectivity index is 2.95. The normalized spacial score (nSPS) is 12.5. The van der Waals surface area contributed by atoms with Gasteiger partial charge in [0.1, 0.15) is 11.9 Å². The van der Waals surface area contributed by atoms with Gasteiger partial charge in [-0.3, -0.25) is 4.79 Å². The molecule has 0 amide bonds. The molecule has 0 aromatic heterocycles. The first kappa shape index (κ1) is 14.1. The summed E-state index contributed by atoms with van der Waals surface area (Å²) in [5.74, 6) is -0.519. The molecule has 0 aliphatic carbocycles. The first-order chi connectivity index (χ1) is 8.10. The van der Waals surface area contributed by atoms with Gasteiger partial charge in [0.05, 0.1) is 5.02 Å². The average molecular weight is 259 g/mol. The van der Waals surface area contributed by atoms with E-state index in [4.69, 9.17) is 16.3 Å². The topological polar surface area (TPSA) is 26.3 Å². The van der Waals surface area contributed by atoms with Crippen LogP contribution in [0.15, 0.2) is 18.2 Å². The van der Waals surface area contributed by atoms with Crippen LogP contribution in [0, 0.1) is 5.82 Å². The Morgan fingerprint density at radius 1 is 1.47 bits per heavy atom. The van der Waals surface area contributed by atoms with Crippen molar-refractivity contribution in [2.24, 2.45) is 0 Å². The molecule has 0 N–H and O–H groups in total. The summed E-state index contributed by atoms with van der Waals surface area (Å²) >= 11 is 5.70. The molecule has 0 saturated carbocycles. The predicted molar refractivity (Wildman–Crippen MR) is 65.7 cm³/mol. The van der Waals surface area contributed by atoms with E-state index in [1.165, 1.54) is 18.2 Å². The third-order valence-corrected chi connectivity index (χ3v) is 2.67. The molecule has 1 aromatic carbocycles. The van der Waals surface area contributed by atoms with Gasteiger partial charge in [-0.15, -0.1) is 0 Å². The summed E-state index contributed by atoms with van der Waals surface area (Å²) in [7, 11) is 0. The van der Waals surface area contributed by atoms with E-state index >= 15 is 0 Å². The Hall–Kier alpha value is -0.930. The molecule has 4 heteroatoms. The van der Waals surface area contributed by atoms with Crippen molar-refractivity contribution >= 4 is 17.4 Å². The Kier molecular flexibility index (Phi) is 5.59. The minimum absolute atomic E-state index is 0.0106. The summed E-state index contributed by atoms with van der Waals surface area (Å²) in [6, 6.07) is 4.24. The molecule has 0 bridgehead atoms. The van der Waals surface area contributed by atoms with E-state index in [0.29, 0.717) is 18.6 Å². The largest absolute Gasteiger partial charge is 0.366 e. The zero-order valence-corrected chi connectivity index (χ0v) is 10.8. The molecule has 1 rings (SSSR count). The molecule has 17 heavy (non-hydrogen) atoms. The van der Waals surface area contributed by atoms with Gasteiger partial charge in [0, 0.05) is 13.0 Å². The molecular formula is C13H16ClFO2. The van der Waals surface area contributed by atoms with Gasteiger partial charge in [-0.05, 0) is 24.1 Å². The number of Topliss-reactive ketones (excluding diaryl/α,β-unsaturated/α-hetero) is 1. The van der Waals surface area contributed by atoms with Gasteiger partial charge in [-0.2, -0.15) is 0 Å². The van der Waals surface area contributed by atoms with Gasteiger partial charge < -0.3 is 4.74 Å². The van der Waals surface area contributed by atoms with E-state index in [0.717, 1.165) is 6.42 Å². The standard InChI is InChI=1S/C13H16ClFO2/c1-3-7-17-13(12(16)4-2)9-5-6-11(15)10(14)8-9/h5-6,8,13H,3-4,7H2,1-2H3. The van der Waals surface area contributed by atoms with Gasteiger partial charge in [-0.25, -0.2) is 4.39 Å². The van der Waals surface area contributed by atoms with Crippen LogP contribution in [0.2, 0.25) is 5.02 Å². The first-order valence-corrected chi connectivity index (χ1v) is 6.07. The number of halogens is 2. The van der Waals surface area contributed by atoms with Gasteiger partial charge in [0.15, 0.2) is 5.78 Å². The molecule has 0 radical (unpaired) electrons. The Morgan fingerprint density at radius 2 is 2.18 bits per heavy atom.